The highest BCUT2D eigenvalue weighted by Gasteiger charge is 2.35. The maximum absolute atomic E-state index is 12.3. The molecule has 7 heteroatoms. The van der Waals surface area contributed by atoms with Crippen molar-refractivity contribution in [3.05, 3.63) is 23.5 Å². The molecule has 116 valence electrons. The van der Waals surface area contributed by atoms with Crippen LogP contribution in [0.5, 0.6) is 0 Å². The predicted octanol–water partition coefficient (Wildman–Crippen LogP) is 1.88. The van der Waals surface area contributed by atoms with Crippen LogP contribution in [0.4, 0.5) is 0 Å². The summed E-state index contributed by atoms with van der Waals surface area (Å²) in [5, 5.41) is 5.10. The first-order valence-electron chi connectivity index (χ1n) is 7.46. The van der Waals surface area contributed by atoms with Gasteiger partial charge < -0.3 is 5.32 Å². The second kappa shape index (κ2) is 6.06. The monoisotopic (exact) mass is 327 g/mol. The number of aromatic nitrogens is 2. The Labute approximate surface area is 129 Å². The second-order valence-electron chi connectivity index (χ2n) is 5.59. The molecule has 1 aliphatic heterocycles. The van der Waals surface area contributed by atoms with Gasteiger partial charge in [-0.05, 0) is 19.4 Å². The van der Waals surface area contributed by atoms with E-state index in [1.165, 1.54) is 0 Å². The summed E-state index contributed by atoms with van der Waals surface area (Å²) in [7, 11) is -2.98. The summed E-state index contributed by atoms with van der Waals surface area (Å²) in [5.74, 6) is 0.331. The fourth-order valence-corrected chi connectivity index (χ4v) is 5.98. The van der Waals surface area contributed by atoms with Crippen LogP contribution >= 0.6 is 11.3 Å². The number of fused-ring (bicyclic) bond motifs is 1. The molecule has 3 rings (SSSR count). The molecule has 0 bridgehead atoms. The van der Waals surface area contributed by atoms with E-state index in [-0.39, 0.29) is 11.3 Å². The highest BCUT2D eigenvalue weighted by molar-refractivity contribution is 7.92. The Morgan fingerprint density at radius 3 is 3.10 bits per heavy atom. The van der Waals surface area contributed by atoms with Crippen molar-refractivity contribution in [1.29, 1.82) is 0 Å². The van der Waals surface area contributed by atoms with E-state index >= 15 is 0 Å². The average Bonchev–Trinajstić information content (AvgIpc) is 2.98. The Hall–Kier alpha value is -0.920. The summed E-state index contributed by atoms with van der Waals surface area (Å²) in [6.07, 6.45) is 7.23. The Kier molecular flexibility index (Phi) is 4.33. The number of thiazole rings is 1. The highest BCUT2D eigenvalue weighted by Crippen LogP contribution is 2.24. The van der Waals surface area contributed by atoms with Crippen LogP contribution in [0.3, 0.4) is 0 Å². The molecular formula is C14H21N3O2S2. The molecule has 1 N–H and O–H groups in total. The standard InChI is InChI=1S/C14H21N3O2S2/c1-2-15-12(13-5-3-4-8-21(13,18)19)9-11-10-17-6-7-20-14(17)16-11/h6-7,10,12-13,15H,2-5,8-9H2,1H3. The van der Waals surface area contributed by atoms with Crippen molar-refractivity contribution >= 4 is 26.1 Å². The highest BCUT2D eigenvalue weighted by atomic mass is 32.2. The lowest BCUT2D eigenvalue weighted by molar-refractivity contribution is 0.439. The Morgan fingerprint density at radius 2 is 2.38 bits per heavy atom. The van der Waals surface area contributed by atoms with Gasteiger partial charge in [0, 0.05) is 30.2 Å². The van der Waals surface area contributed by atoms with Gasteiger partial charge in [0.05, 0.1) is 16.7 Å². The van der Waals surface area contributed by atoms with Gasteiger partial charge in [0.1, 0.15) is 0 Å². The Bertz CT molecular complexity index is 676. The van der Waals surface area contributed by atoms with E-state index in [0.717, 1.165) is 36.5 Å². The van der Waals surface area contributed by atoms with Crippen molar-refractivity contribution in [1.82, 2.24) is 14.7 Å². The van der Waals surface area contributed by atoms with Crippen molar-refractivity contribution < 1.29 is 8.42 Å². The number of sulfone groups is 1. The molecule has 3 heterocycles. The number of nitrogens with zero attached hydrogens (tertiary/aromatic N) is 2. The third kappa shape index (κ3) is 3.14. The molecular weight excluding hydrogens is 306 g/mol. The lowest BCUT2D eigenvalue weighted by Gasteiger charge is -2.30. The van der Waals surface area contributed by atoms with E-state index in [1.54, 1.807) is 11.3 Å². The molecule has 0 aliphatic carbocycles. The number of hydrogen-bond acceptors (Lipinski definition) is 5. The fraction of sp³-hybridized carbons (Fsp3) is 0.643. The molecule has 2 aromatic heterocycles. The molecule has 0 spiro atoms. The zero-order valence-corrected chi connectivity index (χ0v) is 13.8. The van der Waals surface area contributed by atoms with Crippen molar-refractivity contribution in [2.75, 3.05) is 12.3 Å². The van der Waals surface area contributed by atoms with Gasteiger partial charge in [-0.15, -0.1) is 11.3 Å². The molecule has 2 unspecified atom stereocenters. The van der Waals surface area contributed by atoms with Gasteiger partial charge in [-0.1, -0.05) is 13.3 Å². The molecule has 21 heavy (non-hydrogen) atoms. The Morgan fingerprint density at radius 1 is 1.52 bits per heavy atom. The van der Waals surface area contributed by atoms with Gasteiger partial charge in [0.25, 0.3) is 0 Å². The van der Waals surface area contributed by atoms with Crippen molar-refractivity contribution in [2.24, 2.45) is 0 Å². The Balaban J connectivity index is 1.82. The number of likely N-dealkylation sites (N-methyl/N-ethyl adjacent to an activating group) is 1. The number of hydrogen-bond donors (Lipinski definition) is 1. The molecule has 1 aliphatic rings. The molecule has 0 amide bonds. The summed E-state index contributed by atoms with van der Waals surface area (Å²) >= 11 is 1.60. The normalized spacial score (nSPS) is 23.4. The molecule has 0 saturated carbocycles. The van der Waals surface area contributed by atoms with Gasteiger partial charge >= 0.3 is 0 Å². The van der Waals surface area contributed by atoms with Crippen molar-refractivity contribution in [3.63, 3.8) is 0 Å². The first-order chi connectivity index (χ1) is 10.1. The zero-order valence-electron chi connectivity index (χ0n) is 12.2. The summed E-state index contributed by atoms with van der Waals surface area (Å²) in [5.41, 5.74) is 0.966. The van der Waals surface area contributed by atoms with Crippen molar-refractivity contribution in [3.8, 4) is 0 Å². The zero-order chi connectivity index (χ0) is 14.9. The van der Waals surface area contributed by atoms with Gasteiger partial charge in [-0.2, -0.15) is 0 Å². The molecule has 5 nitrogen and oxygen atoms in total. The average molecular weight is 327 g/mol. The minimum Gasteiger partial charge on any atom is -0.313 e. The molecule has 0 aromatic carbocycles. The molecule has 1 saturated heterocycles. The van der Waals surface area contributed by atoms with Crippen LogP contribution < -0.4 is 5.32 Å². The SMILES string of the molecule is CCNC(Cc1cn2ccsc2n1)C1CCCCS1(=O)=O. The van der Waals surface area contributed by atoms with Gasteiger partial charge in [0.15, 0.2) is 14.8 Å². The first-order valence-corrected chi connectivity index (χ1v) is 10.1. The smallest absolute Gasteiger partial charge is 0.193 e. The lowest BCUT2D eigenvalue weighted by Crippen LogP contribution is -2.47. The summed E-state index contributed by atoms with van der Waals surface area (Å²) in [6, 6.07) is -0.0371. The molecule has 2 atom stereocenters. The van der Waals surface area contributed by atoms with Crippen LogP contribution in [0.2, 0.25) is 0 Å². The fourth-order valence-electron chi connectivity index (χ4n) is 3.13. The van der Waals surface area contributed by atoms with Gasteiger partial charge in [-0.3, -0.25) is 4.40 Å². The summed E-state index contributed by atoms with van der Waals surface area (Å²) in [4.78, 5) is 5.55. The van der Waals surface area contributed by atoms with E-state index in [0.29, 0.717) is 12.2 Å². The maximum atomic E-state index is 12.3. The third-order valence-corrected chi connectivity index (χ3v) is 7.23. The van der Waals surface area contributed by atoms with Crippen LogP contribution in [0, 0.1) is 0 Å². The van der Waals surface area contributed by atoms with Crippen LogP contribution in [-0.4, -0.2) is 41.4 Å². The van der Waals surface area contributed by atoms with Crippen LogP contribution in [0.15, 0.2) is 17.8 Å². The van der Waals surface area contributed by atoms with E-state index in [4.69, 9.17) is 0 Å². The molecule has 0 radical (unpaired) electrons. The van der Waals surface area contributed by atoms with Crippen molar-refractivity contribution in [2.45, 2.75) is 43.9 Å². The second-order valence-corrected chi connectivity index (χ2v) is 8.81. The third-order valence-electron chi connectivity index (χ3n) is 4.12. The van der Waals surface area contributed by atoms with Crippen LogP contribution in [0.1, 0.15) is 31.9 Å². The maximum Gasteiger partial charge on any atom is 0.193 e. The predicted molar refractivity (Wildman–Crippen MR) is 85.7 cm³/mol. The lowest BCUT2D eigenvalue weighted by atomic mass is 10.0. The van der Waals surface area contributed by atoms with Crippen LogP contribution in [0.25, 0.3) is 4.96 Å². The van der Waals surface area contributed by atoms with Gasteiger partial charge in [-0.25, -0.2) is 13.4 Å². The number of nitrogens with one attached hydrogen (secondary N) is 1. The van der Waals surface area contributed by atoms with E-state index in [2.05, 4.69) is 10.3 Å². The topological polar surface area (TPSA) is 63.5 Å². The molecule has 2 aromatic rings. The van der Waals surface area contributed by atoms with Gasteiger partial charge in [0.2, 0.25) is 0 Å². The summed E-state index contributed by atoms with van der Waals surface area (Å²) < 4.78 is 26.7. The van der Waals surface area contributed by atoms with Crippen LogP contribution in [-0.2, 0) is 16.3 Å². The minimum absolute atomic E-state index is 0.0371. The van der Waals surface area contributed by atoms with E-state index in [9.17, 15) is 8.42 Å². The molecule has 1 fully saturated rings. The largest absolute Gasteiger partial charge is 0.313 e. The van der Waals surface area contributed by atoms with E-state index in [1.807, 2.05) is 29.1 Å². The number of rotatable bonds is 5. The summed E-state index contributed by atoms with van der Waals surface area (Å²) in [6.45, 7) is 2.80. The first kappa shape index (κ1) is 15.0. The minimum atomic E-state index is -2.98. The number of imidazole rings is 1. The van der Waals surface area contributed by atoms with E-state index < -0.39 is 9.84 Å². The quantitative estimate of drug-likeness (QED) is 0.911.